The van der Waals surface area contributed by atoms with Crippen LogP contribution in [0.1, 0.15) is 20.3 Å². The summed E-state index contributed by atoms with van der Waals surface area (Å²) in [6, 6.07) is 0. The van der Waals surface area contributed by atoms with Crippen LogP contribution in [-0.4, -0.2) is 16.1 Å². The first-order valence-corrected chi connectivity index (χ1v) is 3.96. The van der Waals surface area contributed by atoms with Gasteiger partial charge in [-0.15, -0.1) is 0 Å². The highest BCUT2D eigenvalue weighted by Gasteiger charge is 2.01. The Morgan fingerprint density at radius 1 is 1.58 bits per heavy atom. The predicted molar refractivity (Wildman–Crippen MR) is 46.8 cm³/mol. The van der Waals surface area contributed by atoms with Crippen molar-refractivity contribution in [2.45, 2.75) is 26.4 Å². The molecular weight excluding hydrogens is 154 g/mol. The quantitative estimate of drug-likeness (QED) is 0.735. The van der Waals surface area contributed by atoms with Crippen molar-refractivity contribution >= 4 is 5.82 Å². The Morgan fingerprint density at radius 2 is 2.33 bits per heavy atom. The molecule has 1 heterocycles. The van der Waals surface area contributed by atoms with Crippen LogP contribution in [0.25, 0.3) is 0 Å². The third-order valence-electron chi connectivity index (χ3n) is 1.53. The van der Waals surface area contributed by atoms with E-state index in [1.54, 1.807) is 6.20 Å². The molecule has 0 aromatic carbocycles. The highest BCUT2D eigenvalue weighted by Crippen LogP contribution is 2.09. The van der Waals surface area contributed by atoms with Crippen molar-refractivity contribution in [1.82, 2.24) is 9.97 Å². The topological polar surface area (TPSA) is 61.0 Å². The van der Waals surface area contributed by atoms with Gasteiger partial charge in [0.05, 0.1) is 18.5 Å². The molecule has 0 saturated carbocycles. The van der Waals surface area contributed by atoms with E-state index in [1.807, 2.05) is 13.8 Å². The predicted octanol–water partition coefficient (Wildman–Crippen LogP) is 1.24. The minimum absolute atomic E-state index is 0.154. The lowest BCUT2D eigenvalue weighted by atomic mass is 10.3. The van der Waals surface area contributed by atoms with Crippen molar-refractivity contribution in [3.8, 4) is 5.88 Å². The lowest BCUT2D eigenvalue weighted by Gasteiger charge is -2.10. The van der Waals surface area contributed by atoms with Crippen molar-refractivity contribution in [1.29, 1.82) is 0 Å². The van der Waals surface area contributed by atoms with Crippen LogP contribution < -0.4 is 10.5 Å². The van der Waals surface area contributed by atoms with Crippen LogP contribution in [-0.2, 0) is 0 Å². The molecule has 1 aromatic rings. The first-order chi connectivity index (χ1) is 5.72. The van der Waals surface area contributed by atoms with E-state index in [2.05, 4.69) is 9.97 Å². The fourth-order valence-corrected chi connectivity index (χ4v) is 0.709. The van der Waals surface area contributed by atoms with Gasteiger partial charge in [-0.1, -0.05) is 6.92 Å². The van der Waals surface area contributed by atoms with Crippen LogP contribution in [0.4, 0.5) is 5.82 Å². The number of rotatable bonds is 3. The van der Waals surface area contributed by atoms with E-state index in [0.29, 0.717) is 11.7 Å². The lowest BCUT2D eigenvalue weighted by Crippen LogP contribution is -2.11. The average Bonchev–Trinajstić information content (AvgIpc) is 2.04. The molecule has 12 heavy (non-hydrogen) atoms. The van der Waals surface area contributed by atoms with Gasteiger partial charge in [0.25, 0.3) is 0 Å². The molecule has 0 saturated heterocycles. The maximum atomic E-state index is 5.42. The molecule has 1 unspecified atom stereocenters. The molecule has 1 aromatic heterocycles. The second-order valence-corrected chi connectivity index (χ2v) is 2.62. The van der Waals surface area contributed by atoms with E-state index < -0.39 is 0 Å². The standard InChI is InChI=1S/C8H13N3O/c1-3-6(2)12-8-5-10-4-7(9)11-8/h4-6H,3H2,1-2H3,(H2,9,11). The molecule has 0 fully saturated rings. The van der Waals surface area contributed by atoms with Gasteiger partial charge in [-0.25, -0.2) is 0 Å². The molecule has 0 aliphatic carbocycles. The van der Waals surface area contributed by atoms with Gasteiger partial charge in [-0.2, -0.15) is 4.98 Å². The summed E-state index contributed by atoms with van der Waals surface area (Å²) in [6.45, 7) is 4.02. The summed E-state index contributed by atoms with van der Waals surface area (Å²) in [5.74, 6) is 0.875. The van der Waals surface area contributed by atoms with Crippen molar-refractivity contribution in [3.05, 3.63) is 12.4 Å². The Hall–Kier alpha value is -1.32. The minimum atomic E-state index is 0.154. The Labute approximate surface area is 71.8 Å². The fraction of sp³-hybridized carbons (Fsp3) is 0.500. The first kappa shape index (κ1) is 8.77. The second-order valence-electron chi connectivity index (χ2n) is 2.62. The van der Waals surface area contributed by atoms with Crippen molar-refractivity contribution in [3.63, 3.8) is 0 Å². The average molecular weight is 167 g/mol. The number of nitrogens with two attached hydrogens (primary N) is 1. The zero-order chi connectivity index (χ0) is 8.97. The van der Waals surface area contributed by atoms with Gasteiger partial charge in [0, 0.05) is 0 Å². The van der Waals surface area contributed by atoms with Crippen LogP contribution in [0.2, 0.25) is 0 Å². The summed E-state index contributed by atoms with van der Waals surface area (Å²) < 4.78 is 5.39. The van der Waals surface area contributed by atoms with Crippen molar-refractivity contribution < 1.29 is 4.74 Å². The van der Waals surface area contributed by atoms with Crippen molar-refractivity contribution in [2.24, 2.45) is 0 Å². The SMILES string of the molecule is CCC(C)Oc1cncc(N)n1. The molecule has 0 spiro atoms. The number of nitrogens with zero attached hydrogens (tertiary/aromatic N) is 2. The fourth-order valence-electron chi connectivity index (χ4n) is 0.709. The maximum absolute atomic E-state index is 5.42. The zero-order valence-electron chi connectivity index (χ0n) is 7.32. The van der Waals surface area contributed by atoms with E-state index in [1.165, 1.54) is 6.20 Å². The van der Waals surface area contributed by atoms with Gasteiger partial charge in [0.1, 0.15) is 5.82 Å². The normalized spacial score (nSPS) is 12.5. The number of anilines is 1. The molecule has 4 heteroatoms. The van der Waals surface area contributed by atoms with E-state index in [0.717, 1.165) is 6.42 Å². The summed E-state index contributed by atoms with van der Waals surface area (Å²) in [6.07, 6.45) is 4.14. The second kappa shape index (κ2) is 3.90. The van der Waals surface area contributed by atoms with Crippen LogP contribution in [0, 0.1) is 0 Å². The molecule has 1 rings (SSSR count). The third-order valence-corrected chi connectivity index (χ3v) is 1.53. The Kier molecular flexibility index (Phi) is 2.85. The summed E-state index contributed by atoms with van der Waals surface area (Å²) in [7, 11) is 0. The van der Waals surface area contributed by atoms with Crippen LogP contribution in [0.3, 0.4) is 0 Å². The van der Waals surface area contributed by atoms with E-state index >= 15 is 0 Å². The maximum Gasteiger partial charge on any atom is 0.234 e. The molecule has 0 radical (unpaired) electrons. The van der Waals surface area contributed by atoms with Gasteiger partial charge in [0.2, 0.25) is 5.88 Å². The summed E-state index contributed by atoms with van der Waals surface area (Å²) in [5, 5.41) is 0. The lowest BCUT2D eigenvalue weighted by molar-refractivity contribution is 0.208. The molecular formula is C8H13N3O. The summed E-state index contributed by atoms with van der Waals surface area (Å²) in [5.41, 5.74) is 5.42. The smallest absolute Gasteiger partial charge is 0.234 e. The van der Waals surface area contributed by atoms with Crippen LogP contribution in [0.15, 0.2) is 12.4 Å². The number of hydrogen-bond acceptors (Lipinski definition) is 4. The van der Waals surface area contributed by atoms with Gasteiger partial charge in [0.15, 0.2) is 0 Å². The van der Waals surface area contributed by atoms with Gasteiger partial charge >= 0.3 is 0 Å². The molecule has 4 nitrogen and oxygen atoms in total. The summed E-state index contributed by atoms with van der Waals surface area (Å²) >= 11 is 0. The number of nitrogen functional groups attached to an aromatic ring is 1. The van der Waals surface area contributed by atoms with E-state index in [4.69, 9.17) is 10.5 Å². The largest absolute Gasteiger partial charge is 0.474 e. The molecule has 0 bridgehead atoms. The summed E-state index contributed by atoms with van der Waals surface area (Å²) in [4.78, 5) is 7.81. The minimum Gasteiger partial charge on any atom is -0.474 e. The van der Waals surface area contributed by atoms with Crippen molar-refractivity contribution in [2.75, 3.05) is 5.73 Å². The highest BCUT2D eigenvalue weighted by atomic mass is 16.5. The van der Waals surface area contributed by atoms with E-state index in [-0.39, 0.29) is 6.10 Å². The number of aromatic nitrogens is 2. The van der Waals surface area contributed by atoms with Gasteiger partial charge in [-0.3, -0.25) is 4.98 Å². The number of ether oxygens (including phenoxy) is 1. The highest BCUT2D eigenvalue weighted by molar-refractivity contribution is 5.25. The molecule has 1 atom stereocenters. The van der Waals surface area contributed by atoms with Crippen LogP contribution in [0.5, 0.6) is 5.88 Å². The van der Waals surface area contributed by atoms with Gasteiger partial charge < -0.3 is 10.5 Å². The Bertz CT molecular complexity index is 252. The molecule has 2 N–H and O–H groups in total. The molecule has 0 aliphatic rings. The Morgan fingerprint density at radius 3 is 2.92 bits per heavy atom. The Balaban J connectivity index is 2.63. The van der Waals surface area contributed by atoms with Crippen LogP contribution >= 0.6 is 0 Å². The zero-order valence-corrected chi connectivity index (χ0v) is 7.32. The molecule has 0 amide bonds. The monoisotopic (exact) mass is 167 g/mol. The molecule has 66 valence electrons. The number of hydrogen-bond donors (Lipinski definition) is 1. The van der Waals surface area contributed by atoms with Gasteiger partial charge in [-0.05, 0) is 13.3 Å². The van der Waals surface area contributed by atoms with E-state index in [9.17, 15) is 0 Å². The molecule has 0 aliphatic heterocycles. The first-order valence-electron chi connectivity index (χ1n) is 3.96. The third kappa shape index (κ3) is 2.38.